The number of aromatic nitrogens is 1. The summed E-state index contributed by atoms with van der Waals surface area (Å²) in [7, 11) is 0. The SMILES string of the molecule is C=CC1=C(/C=C\C)C(C)(C)c2cc(N(c3ccc(N(c4ccc(-c5ccccc5)cc4)c4ccc(-c5ccccc5)cc4)cc3)c3ccc4c(c3)C(c3ccccc3)(c3ccccc3)c3cc(-c5ccc6c(c5)c5ccccc5n6-c5ccccc5)ccc3-4)ccc21. The molecule has 14 aromatic rings. The van der Waals surface area contributed by atoms with Gasteiger partial charge in [-0.1, -0.05) is 251 Å². The third-order valence-electron chi connectivity index (χ3n) is 19.4. The van der Waals surface area contributed by atoms with Crippen molar-refractivity contribution in [3.63, 3.8) is 0 Å². The Labute approximate surface area is 539 Å². The van der Waals surface area contributed by atoms with Gasteiger partial charge in [0, 0.05) is 56.0 Å². The van der Waals surface area contributed by atoms with E-state index in [1.54, 1.807) is 0 Å². The largest absolute Gasteiger partial charge is 0.311 e. The molecule has 0 saturated carbocycles. The molecule has 0 atom stereocenters. The lowest BCUT2D eigenvalue weighted by atomic mass is 9.67. The van der Waals surface area contributed by atoms with E-state index in [1.165, 1.54) is 111 Å². The van der Waals surface area contributed by atoms with Crippen molar-refractivity contribution in [2.45, 2.75) is 31.6 Å². The van der Waals surface area contributed by atoms with Crippen molar-refractivity contribution in [2.75, 3.05) is 9.80 Å². The summed E-state index contributed by atoms with van der Waals surface area (Å²) in [5.74, 6) is 0. The van der Waals surface area contributed by atoms with Gasteiger partial charge in [0.25, 0.3) is 0 Å². The smallest absolute Gasteiger partial charge is 0.0714 e. The Morgan fingerprint density at radius 3 is 1.27 bits per heavy atom. The Kier molecular flexibility index (Phi) is 13.8. The predicted molar refractivity (Wildman–Crippen MR) is 389 cm³/mol. The lowest BCUT2D eigenvalue weighted by Crippen LogP contribution is -2.28. The zero-order chi connectivity index (χ0) is 61.9. The Bertz CT molecular complexity index is 5030. The van der Waals surface area contributed by atoms with E-state index in [9.17, 15) is 0 Å². The van der Waals surface area contributed by atoms with Crippen LogP contribution in [-0.2, 0) is 10.8 Å². The van der Waals surface area contributed by atoms with E-state index in [1.807, 2.05) is 6.08 Å². The molecule has 0 saturated heterocycles. The van der Waals surface area contributed by atoms with Crippen LogP contribution in [0.3, 0.4) is 0 Å². The first-order chi connectivity index (χ1) is 45.3. The summed E-state index contributed by atoms with van der Waals surface area (Å²) in [4.78, 5) is 4.85. The van der Waals surface area contributed by atoms with Gasteiger partial charge in [-0.15, -0.1) is 0 Å². The number of hydrogen-bond acceptors (Lipinski definition) is 2. The fourth-order valence-corrected chi connectivity index (χ4v) is 15.1. The molecule has 13 aromatic carbocycles. The molecule has 1 heterocycles. The molecule has 438 valence electrons. The number of hydrogen-bond donors (Lipinski definition) is 0. The Morgan fingerprint density at radius 1 is 0.337 bits per heavy atom. The van der Waals surface area contributed by atoms with E-state index in [2.05, 4.69) is 375 Å². The van der Waals surface area contributed by atoms with Crippen molar-refractivity contribution in [3.8, 4) is 50.2 Å². The summed E-state index contributed by atoms with van der Waals surface area (Å²) in [6.45, 7) is 11.2. The summed E-state index contributed by atoms with van der Waals surface area (Å²) in [6, 6.07) is 119. The molecule has 0 unspecified atom stereocenters. The van der Waals surface area contributed by atoms with E-state index in [-0.39, 0.29) is 5.41 Å². The topological polar surface area (TPSA) is 11.4 Å². The first-order valence-corrected chi connectivity index (χ1v) is 32.0. The lowest BCUT2D eigenvalue weighted by Gasteiger charge is -2.35. The molecule has 16 rings (SSSR count). The third kappa shape index (κ3) is 9.18. The first-order valence-electron chi connectivity index (χ1n) is 32.0. The standard InChI is InChI=1S/C89H67N3/c1-5-24-82-76(6-2)77-54-51-74(59-83(77)88(82,3)4)91(73-49-47-72(48-50-73)90(70-43-37-63(38-44-70)61-25-12-7-13-26-61)71-45-39-64(40-46-71)62-27-14-8-15-28-62)75-52-55-79-78-53-41-66(58-84(78)89(85(79)60-75,67-29-16-9-17-30-67)68-31-18-10-19-32-68)65-42-56-87-81(57-65)80-35-22-23-36-86(80)92(87)69-33-20-11-21-34-69/h5-60H,2H2,1,3-4H3/b24-5-. The van der Waals surface area contributed by atoms with Crippen LogP contribution in [0.4, 0.5) is 34.1 Å². The monoisotopic (exact) mass is 1180 g/mol. The van der Waals surface area contributed by atoms with E-state index in [4.69, 9.17) is 0 Å². The van der Waals surface area contributed by atoms with Gasteiger partial charge < -0.3 is 14.4 Å². The van der Waals surface area contributed by atoms with Crippen molar-refractivity contribution in [2.24, 2.45) is 0 Å². The highest BCUT2D eigenvalue weighted by atomic mass is 15.2. The van der Waals surface area contributed by atoms with E-state index >= 15 is 0 Å². The molecule has 0 radical (unpaired) electrons. The molecule has 2 aliphatic carbocycles. The van der Waals surface area contributed by atoms with E-state index in [0.29, 0.717) is 0 Å². The van der Waals surface area contributed by atoms with Crippen molar-refractivity contribution in [1.82, 2.24) is 4.57 Å². The number of nitrogens with zero attached hydrogens (tertiary/aromatic N) is 3. The number of fused-ring (bicyclic) bond motifs is 7. The molecule has 0 bridgehead atoms. The molecule has 0 N–H and O–H groups in total. The van der Waals surface area contributed by atoms with Crippen LogP contribution < -0.4 is 9.80 Å². The minimum absolute atomic E-state index is 0.278. The van der Waals surface area contributed by atoms with Crippen LogP contribution in [-0.4, -0.2) is 4.57 Å². The van der Waals surface area contributed by atoms with Crippen LogP contribution in [0.15, 0.2) is 352 Å². The van der Waals surface area contributed by atoms with Crippen molar-refractivity contribution < 1.29 is 0 Å². The maximum Gasteiger partial charge on any atom is 0.0714 e. The second-order valence-electron chi connectivity index (χ2n) is 24.8. The molecule has 0 fully saturated rings. The first kappa shape index (κ1) is 55.8. The highest BCUT2D eigenvalue weighted by Gasteiger charge is 2.47. The van der Waals surface area contributed by atoms with Crippen LogP contribution >= 0.6 is 0 Å². The molecule has 92 heavy (non-hydrogen) atoms. The fraction of sp³-hybridized carbons (Fsp3) is 0.0562. The number of benzene rings is 13. The zero-order valence-electron chi connectivity index (χ0n) is 51.9. The summed E-state index contributed by atoms with van der Waals surface area (Å²) < 4.78 is 2.39. The summed E-state index contributed by atoms with van der Waals surface area (Å²) >= 11 is 0. The lowest BCUT2D eigenvalue weighted by molar-refractivity contribution is 0.654. The van der Waals surface area contributed by atoms with Gasteiger partial charge in [-0.25, -0.2) is 0 Å². The summed E-state index contributed by atoms with van der Waals surface area (Å²) in [5, 5.41) is 2.46. The van der Waals surface area contributed by atoms with Gasteiger partial charge in [0.1, 0.15) is 0 Å². The fourth-order valence-electron chi connectivity index (χ4n) is 15.1. The Hall–Kier alpha value is -11.5. The van der Waals surface area contributed by atoms with Gasteiger partial charge in [0.2, 0.25) is 0 Å². The summed E-state index contributed by atoms with van der Waals surface area (Å²) in [6.07, 6.45) is 6.46. The Morgan fingerprint density at radius 2 is 0.728 bits per heavy atom. The van der Waals surface area contributed by atoms with Gasteiger partial charge in [0.05, 0.1) is 16.4 Å². The van der Waals surface area contributed by atoms with Crippen LogP contribution in [0.25, 0.3) is 77.6 Å². The van der Waals surface area contributed by atoms with Crippen LogP contribution in [0.1, 0.15) is 54.2 Å². The second-order valence-corrected chi connectivity index (χ2v) is 24.8. The molecular formula is C89H67N3. The quantitative estimate of drug-likeness (QED) is 0.108. The molecule has 3 heteroatoms. The van der Waals surface area contributed by atoms with Crippen molar-refractivity contribution >= 4 is 61.5 Å². The summed E-state index contributed by atoms with van der Waals surface area (Å²) in [5.41, 5.74) is 28.3. The molecule has 0 spiro atoms. The number of rotatable bonds is 14. The molecule has 0 aliphatic heterocycles. The average Bonchev–Trinajstić information content (AvgIpc) is 1.52. The third-order valence-corrected chi connectivity index (χ3v) is 19.4. The highest BCUT2D eigenvalue weighted by Crippen LogP contribution is 2.59. The van der Waals surface area contributed by atoms with Crippen molar-refractivity contribution in [3.05, 3.63) is 385 Å². The Balaban J connectivity index is 0.871. The number of anilines is 6. The molecule has 2 aliphatic rings. The van der Waals surface area contributed by atoms with Crippen LogP contribution in [0.5, 0.6) is 0 Å². The predicted octanol–water partition coefficient (Wildman–Crippen LogP) is 23.9. The average molecular weight is 1180 g/mol. The molecule has 1 aromatic heterocycles. The normalized spacial score (nSPS) is 13.5. The molecule has 0 amide bonds. The van der Waals surface area contributed by atoms with Crippen LogP contribution in [0.2, 0.25) is 0 Å². The number of allylic oxidation sites excluding steroid dienone is 5. The molecular weight excluding hydrogens is 1110 g/mol. The zero-order valence-corrected chi connectivity index (χ0v) is 51.9. The maximum atomic E-state index is 4.36. The van der Waals surface area contributed by atoms with E-state index in [0.717, 1.165) is 39.8 Å². The minimum Gasteiger partial charge on any atom is -0.311 e. The second kappa shape index (κ2) is 22.8. The highest BCUT2D eigenvalue weighted by molar-refractivity contribution is 6.10. The van der Waals surface area contributed by atoms with Gasteiger partial charge in [0.15, 0.2) is 0 Å². The number of para-hydroxylation sites is 2. The molecule has 3 nitrogen and oxygen atoms in total. The van der Waals surface area contributed by atoms with Gasteiger partial charge in [-0.2, -0.15) is 0 Å². The van der Waals surface area contributed by atoms with Crippen molar-refractivity contribution in [1.29, 1.82) is 0 Å². The van der Waals surface area contributed by atoms with Crippen LogP contribution in [0, 0.1) is 0 Å². The van der Waals surface area contributed by atoms with Gasteiger partial charge in [-0.3, -0.25) is 0 Å². The minimum atomic E-state index is -0.696. The van der Waals surface area contributed by atoms with Gasteiger partial charge in [-0.05, 0) is 205 Å². The van der Waals surface area contributed by atoms with E-state index < -0.39 is 5.41 Å². The maximum absolute atomic E-state index is 4.36. The van der Waals surface area contributed by atoms with Gasteiger partial charge >= 0.3 is 0 Å².